The SMILES string of the molecule is CC(N=C1NS(=O)(=O)c2ccccc21)c1ccc(F)c(F)c1. The monoisotopic (exact) mass is 322 g/mol. The van der Waals surface area contributed by atoms with Crippen molar-refractivity contribution in [3.63, 3.8) is 0 Å². The molecule has 1 heterocycles. The van der Waals surface area contributed by atoms with Gasteiger partial charge in [0.25, 0.3) is 10.0 Å². The molecule has 0 aromatic heterocycles. The maximum atomic E-state index is 13.3. The maximum Gasteiger partial charge on any atom is 0.263 e. The zero-order valence-corrected chi connectivity index (χ0v) is 12.4. The lowest BCUT2D eigenvalue weighted by molar-refractivity contribution is 0.506. The molecule has 114 valence electrons. The number of fused-ring (bicyclic) bond motifs is 1. The fraction of sp³-hybridized carbons (Fsp3) is 0.133. The van der Waals surface area contributed by atoms with Gasteiger partial charge in [-0.05, 0) is 36.8 Å². The van der Waals surface area contributed by atoms with Crippen molar-refractivity contribution in [2.24, 2.45) is 4.99 Å². The predicted molar refractivity (Wildman–Crippen MR) is 78.1 cm³/mol. The average molecular weight is 322 g/mol. The number of hydrogen-bond acceptors (Lipinski definition) is 3. The standard InChI is InChI=1S/C15H12F2N2O2S/c1-9(10-6-7-12(16)13(17)8-10)18-15-11-4-2-3-5-14(11)22(20,21)19-15/h2-9H,1H3,(H,18,19). The summed E-state index contributed by atoms with van der Waals surface area (Å²) in [5.41, 5.74) is 0.923. The average Bonchev–Trinajstić information content (AvgIpc) is 2.73. The van der Waals surface area contributed by atoms with E-state index in [-0.39, 0.29) is 10.7 Å². The summed E-state index contributed by atoms with van der Waals surface area (Å²) in [6.07, 6.45) is 0. The van der Waals surface area contributed by atoms with Crippen molar-refractivity contribution in [1.29, 1.82) is 0 Å². The second-order valence-electron chi connectivity index (χ2n) is 4.93. The molecule has 0 bridgehead atoms. The van der Waals surface area contributed by atoms with Gasteiger partial charge in [-0.1, -0.05) is 18.2 Å². The van der Waals surface area contributed by atoms with E-state index in [4.69, 9.17) is 0 Å². The number of nitrogens with zero attached hydrogens (tertiary/aromatic N) is 1. The van der Waals surface area contributed by atoms with Gasteiger partial charge in [-0.3, -0.25) is 9.71 Å². The second-order valence-corrected chi connectivity index (χ2v) is 6.58. The molecule has 0 fully saturated rings. The molecule has 2 aromatic rings. The Morgan fingerprint density at radius 2 is 1.82 bits per heavy atom. The van der Waals surface area contributed by atoms with Crippen LogP contribution in [0.1, 0.15) is 24.1 Å². The summed E-state index contributed by atoms with van der Waals surface area (Å²) in [5.74, 6) is -1.69. The van der Waals surface area contributed by atoms with Crippen molar-refractivity contribution in [2.75, 3.05) is 0 Å². The highest BCUT2D eigenvalue weighted by atomic mass is 32.2. The highest BCUT2D eigenvalue weighted by molar-refractivity contribution is 7.90. The molecule has 4 nitrogen and oxygen atoms in total. The Morgan fingerprint density at radius 3 is 2.55 bits per heavy atom. The first-order valence-corrected chi connectivity index (χ1v) is 8.02. The van der Waals surface area contributed by atoms with E-state index in [1.165, 1.54) is 12.1 Å². The lowest BCUT2D eigenvalue weighted by Gasteiger charge is -2.09. The van der Waals surface area contributed by atoms with Gasteiger partial charge in [0.2, 0.25) is 0 Å². The third kappa shape index (κ3) is 2.48. The van der Waals surface area contributed by atoms with Gasteiger partial charge in [-0.25, -0.2) is 17.2 Å². The van der Waals surface area contributed by atoms with Crippen molar-refractivity contribution >= 4 is 15.9 Å². The largest absolute Gasteiger partial charge is 0.263 e. The number of aliphatic imine (C=N–C) groups is 1. The smallest absolute Gasteiger partial charge is 0.263 e. The quantitative estimate of drug-likeness (QED) is 0.924. The number of sulfonamides is 1. The van der Waals surface area contributed by atoms with Crippen molar-refractivity contribution in [3.05, 3.63) is 65.2 Å². The second kappa shape index (κ2) is 5.17. The third-order valence-electron chi connectivity index (χ3n) is 3.41. The number of halogens is 2. The Morgan fingerprint density at radius 1 is 1.09 bits per heavy atom. The lowest BCUT2D eigenvalue weighted by atomic mass is 10.1. The van der Waals surface area contributed by atoms with Gasteiger partial charge in [-0.2, -0.15) is 0 Å². The summed E-state index contributed by atoms with van der Waals surface area (Å²) in [6.45, 7) is 1.68. The molecule has 3 rings (SSSR count). The summed E-state index contributed by atoms with van der Waals surface area (Å²) >= 11 is 0. The zero-order chi connectivity index (χ0) is 15.9. The van der Waals surface area contributed by atoms with E-state index in [0.29, 0.717) is 11.1 Å². The highest BCUT2D eigenvalue weighted by Crippen LogP contribution is 2.25. The number of benzene rings is 2. The number of rotatable bonds is 2. The minimum atomic E-state index is -3.61. The molecule has 0 amide bonds. The van der Waals surface area contributed by atoms with Gasteiger partial charge in [-0.15, -0.1) is 0 Å². The summed E-state index contributed by atoms with van der Waals surface area (Å²) in [4.78, 5) is 4.45. The Bertz CT molecular complexity index is 879. The lowest BCUT2D eigenvalue weighted by Crippen LogP contribution is -2.22. The van der Waals surface area contributed by atoms with Crippen LogP contribution in [0, 0.1) is 11.6 Å². The summed E-state index contributed by atoms with van der Waals surface area (Å²) in [5, 5.41) is 0. The molecule has 1 unspecified atom stereocenters. The molecule has 0 saturated carbocycles. The molecule has 0 spiro atoms. The van der Waals surface area contributed by atoms with Crippen LogP contribution in [0.2, 0.25) is 0 Å². The summed E-state index contributed by atoms with van der Waals surface area (Å²) in [7, 11) is -3.61. The van der Waals surface area contributed by atoms with Crippen LogP contribution in [0.3, 0.4) is 0 Å². The van der Waals surface area contributed by atoms with Crippen LogP contribution in [0.4, 0.5) is 8.78 Å². The molecule has 0 aliphatic carbocycles. The van der Waals surface area contributed by atoms with Crippen molar-refractivity contribution in [3.8, 4) is 0 Å². The first-order chi connectivity index (χ1) is 10.4. The molecular formula is C15H12F2N2O2S. The van der Waals surface area contributed by atoms with Crippen LogP contribution in [0.25, 0.3) is 0 Å². The molecule has 1 N–H and O–H groups in total. The molecule has 0 saturated heterocycles. The predicted octanol–water partition coefficient (Wildman–Crippen LogP) is 2.76. The summed E-state index contributed by atoms with van der Waals surface area (Å²) < 4.78 is 52.6. The van der Waals surface area contributed by atoms with E-state index >= 15 is 0 Å². The highest BCUT2D eigenvalue weighted by Gasteiger charge is 2.30. The number of amidine groups is 1. The molecule has 1 aliphatic rings. The van der Waals surface area contributed by atoms with Gasteiger partial charge in [0.05, 0.1) is 10.9 Å². The van der Waals surface area contributed by atoms with Crippen LogP contribution in [0.15, 0.2) is 52.4 Å². The molecule has 0 radical (unpaired) electrons. The number of hydrogen-bond donors (Lipinski definition) is 1. The summed E-state index contributed by atoms with van der Waals surface area (Å²) in [6, 6.07) is 9.43. The van der Waals surface area contributed by atoms with E-state index in [0.717, 1.165) is 12.1 Å². The Hall–Kier alpha value is -2.28. The third-order valence-corrected chi connectivity index (χ3v) is 4.81. The van der Waals surface area contributed by atoms with E-state index < -0.39 is 27.7 Å². The first-order valence-electron chi connectivity index (χ1n) is 6.53. The van der Waals surface area contributed by atoms with Gasteiger partial charge in [0.15, 0.2) is 11.6 Å². The van der Waals surface area contributed by atoms with E-state index in [1.54, 1.807) is 25.1 Å². The van der Waals surface area contributed by atoms with Crippen LogP contribution >= 0.6 is 0 Å². The molecule has 2 aromatic carbocycles. The maximum absolute atomic E-state index is 13.3. The van der Waals surface area contributed by atoms with Crippen LogP contribution in [0.5, 0.6) is 0 Å². The molecule has 7 heteroatoms. The Kier molecular flexibility index (Phi) is 3.44. The van der Waals surface area contributed by atoms with Gasteiger partial charge < -0.3 is 0 Å². The normalized spacial score (nSPS) is 18.8. The van der Waals surface area contributed by atoms with Crippen molar-refractivity contribution in [1.82, 2.24) is 4.72 Å². The van der Waals surface area contributed by atoms with Gasteiger partial charge in [0.1, 0.15) is 5.84 Å². The molecule has 22 heavy (non-hydrogen) atoms. The van der Waals surface area contributed by atoms with E-state index in [9.17, 15) is 17.2 Å². The first kappa shape index (κ1) is 14.6. The fourth-order valence-electron chi connectivity index (χ4n) is 2.27. The van der Waals surface area contributed by atoms with Gasteiger partial charge in [0, 0.05) is 5.56 Å². The molecule has 1 atom stereocenters. The molecular weight excluding hydrogens is 310 g/mol. The van der Waals surface area contributed by atoms with Crippen LogP contribution in [-0.4, -0.2) is 14.3 Å². The fourth-order valence-corrected chi connectivity index (χ4v) is 3.51. The van der Waals surface area contributed by atoms with Gasteiger partial charge >= 0.3 is 0 Å². The number of nitrogens with one attached hydrogen (secondary N) is 1. The minimum absolute atomic E-state index is 0.159. The van der Waals surface area contributed by atoms with E-state index in [1.807, 2.05) is 0 Å². The minimum Gasteiger partial charge on any atom is -0.263 e. The van der Waals surface area contributed by atoms with E-state index in [2.05, 4.69) is 9.71 Å². The Balaban J connectivity index is 2.01. The zero-order valence-electron chi connectivity index (χ0n) is 11.5. The van der Waals surface area contributed by atoms with Crippen LogP contribution in [-0.2, 0) is 10.0 Å². The van der Waals surface area contributed by atoms with Crippen molar-refractivity contribution in [2.45, 2.75) is 17.9 Å². The Labute approximate surface area is 126 Å². The van der Waals surface area contributed by atoms with Crippen LogP contribution < -0.4 is 4.72 Å². The molecule has 1 aliphatic heterocycles. The topological polar surface area (TPSA) is 58.5 Å². The van der Waals surface area contributed by atoms with Crippen molar-refractivity contribution < 1.29 is 17.2 Å².